The van der Waals surface area contributed by atoms with Crippen LogP contribution in [-0.2, 0) is 0 Å². The van der Waals surface area contributed by atoms with Crippen LogP contribution in [0.5, 0.6) is 0 Å². The number of rotatable bonds is 5. The molecule has 0 heterocycles. The molecule has 2 N–H and O–H groups in total. The summed E-state index contributed by atoms with van der Waals surface area (Å²) in [6, 6.07) is 0. The van der Waals surface area contributed by atoms with E-state index in [4.69, 9.17) is 2.74 Å². The first-order chi connectivity index (χ1) is 14.3. The molecular formula is C27H46O2. The molecule has 1 unspecified atom stereocenters. The van der Waals surface area contributed by atoms with Crippen LogP contribution >= 0.6 is 0 Å². The van der Waals surface area contributed by atoms with Crippen molar-refractivity contribution in [3.63, 3.8) is 0 Å². The molecule has 4 rings (SSSR count). The third kappa shape index (κ3) is 3.65. The van der Waals surface area contributed by atoms with E-state index in [0.29, 0.717) is 42.4 Å². The van der Waals surface area contributed by atoms with Gasteiger partial charge in [0.2, 0.25) is 0 Å². The van der Waals surface area contributed by atoms with Gasteiger partial charge in [-0.3, -0.25) is 0 Å². The van der Waals surface area contributed by atoms with E-state index in [9.17, 15) is 10.2 Å². The lowest BCUT2D eigenvalue weighted by atomic mass is 9.47. The van der Waals surface area contributed by atoms with Crippen molar-refractivity contribution in [2.24, 2.45) is 46.3 Å². The van der Waals surface area contributed by atoms with E-state index in [1.165, 1.54) is 31.3 Å². The fourth-order valence-electron chi connectivity index (χ4n) is 8.33. The summed E-state index contributed by atoms with van der Waals surface area (Å²) in [6.45, 7) is 11.3. The van der Waals surface area contributed by atoms with Crippen molar-refractivity contribution in [3.05, 3.63) is 11.6 Å². The molecule has 29 heavy (non-hydrogen) atoms. The molecule has 0 aromatic carbocycles. The zero-order valence-corrected chi connectivity index (χ0v) is 19.5. The zero-order chi connectivity index (χ0) is 22.8. The lowest BCUT2D eigenvalue weighted by molar-refractivity contribution is -0.0579. The van der Waals surface area contributed by atoms with Crippen LogP contribution < -0.4 is 0 Å². The normalized spacial score (nSPS) is 51.1. The van der Waals surface area contributed by atoms with E-state index in [1.807, 2.05) is 13.8 Å². The van der Waals surface area contributed by atoms with Gasteiger partial charge in [0, 0.05) is 0 Å². The smallest absolute Gasteiger partial charge is 0.0604 e. The van der Waals surface area contributed by atoms with Crippen molar-refractivity contribution in [1.29, 1.82) is 0 Å². The second-order valence-corrected chi connectivity index (χ2v) is 11.9. The molecule has 9 atom stereocenters. The monoisotopic (exact) mass is 404 g/mol. The van der Waals surface area contributed by atoms with E-state index in [2.05, 4.69) is 26.8 Å². The van der Waals surface area contributed by atoms with Gasteiger partial charge >= 0.3 is 0 Å². The van der Waals surface area contributed by atoms with Crippen molar-refractivity contribution >= 4 is 0 Å². The van der Waals surface area contributed by atoms with Crippen molar-refractivity contribution in [1.82, 2.24) is 0 Å². The molecule has 0 bridgehead atoms. The minimum atomic E-state index is -1.30. The van der Waals surface area contributed by atoms with Gasteiger partial charge in [-0.05, 0) is 111 Å². The Labute approximate surface area is 182 Å². The van der Waals surface area contributed by atoms with Crippen LogP contribution in [0.2, 0.25) is 0 Å². The van der Waals surface area contributed by atoms with Crippen molar-refractivity contribution in [2.75, 3.05) is 0 Å². The van der Waals surface area contributed by atoms with Crippen LogP contribution in [0, 0.1) is 46.3 Å². The van der Waals surface area contributed by atoms with Crippen molar-refractivity contribution in [3.8, 4) is 0 Å². The molecular weight excluding hydrogens is 356 g/mol. The molecule has 4 aliphatic carbocycles. The summed E-state index contributed by atoms with van der Waals surface area (Å²) in [5, 5.41) is 20.8. The SMILES string of the molecule is [2H]C(O)(CC[C@@H](C)[C@H]1CC[C@H]2[C@@H]3CC=C4C[C@]([2H])(O)CC[C@]4(C)[C@H]3CC[C@]12C)C(C)C. The molecule has 2 nitrogen and oxygen atoms in total. The fourth-order valence-corrected chi connectivity index (χ4v) is 8.33. The third-order valence-corrected chi connectivity index (χ3v) is 10.2. The molecule has 0 amide bonds. The minimum absolute atomic E-state index is 0.0251. The molecule has 0 spiro atoms. The second-order valence-electron chi connectivity index (χ2n) is 11.9. The maximum atomic E-state index is 10.4. The number of allylic oxidation sites excluding steroid dienone is 1. The highest BCUT2D eigenvalue weighted by molar-refractivity contribution is 5.25. The van der Waals surface area contributed by atoms with Crippen LogP contribution in [0.15, 0.2) is 11.6 Å². The quantitative estimate of drug-likeness (QED) is 0.523. The van der Waals surface area contributed by atoms with E-state index in [1.54, 1.807) is 0 Å². The number of hydrogen-bond donors (Lipinski definition) is 2. The highest BCUT2D eigenvalue weighted by atomic mass is 16.3. The Morgan fingerprint density at radius 3 is 2.59 bits per heavy atom. The molecule has 0 aromatic heterocycles. The maximum Gasteiger partial charge on any atom is 0.0604 e. The van der Waals surface area contributed by atoms with Gasteiger partial charge in [-0.15, -0.1) is 0 Å². The summed E-state index contributed by atoms with van der Waals surface area (Å²) in [5.74, 6) is 3.44. The summed E-state index contributed by atoms with van der Waals surface area (Å²) in [7, 11) is 0. The summed E-state index contributed by atoms with van der Waals surface area (Å²) >= 11 is 0. The Morgan fingerprint density at radius 2 is 1.86 bits per heavy atom. The first-order valence-electron chi connectivity index (χ1n) is 13.4. The summed E-state index contributed by atoms with van der Waals surface area (Å²) in [4.78, 5) is 0. The van der Waals surface area contributed by atoms with Crippen LogP contribution in [-0.4, -0.2) is 22.4 Å². The van der Waals surface area contributed by atoms with Crippen LogP contribution in [0.4, 0.5) is 0 Å². The number of fused-ring (bicyclic) bond motifs is 5. The predicted octanol–water partition coefficient (Wildman–Crippen LogP) is 6.36. The van der Waals surface area contributed by atoms with E-state index < -0.39 is 12.2 Å². The van der Waals surface area contributed by atoms with Crippen molar-refractivity contribution in [2.45, 2.75) is 111 Å². The van der Waals surface area contributed by atoms with E-state index in [0.717, 1.165) is 31.1 Å². The van der Waals surface area contributed by atoms with E-state index in [-0.39, 0.29) is 11.3 Å². The fraction of sp³-hybridized carbons (Fsp3) is 0.926. The standard InChI is InChI=1S/C27H46O2/c1-17(2)25(29)11-6-18(3)22-9-10-23-21-8-7-19-16-20(28)12-14-26(19,4)24(21)13-15-27(22,23)5/h7,17-18,20-25,28-29H,6,8-16H2,1-5H3/t18-,20-,21+,22-,23+,24+,25?,26+,27-/m1/s1/i20D,25D. The Bertz CT molecular complexity index is 714. The van der Waals surface area contributed by atoms with Gasteiger partial charge in [0.1, 0.15) is 0 Å². The van der Waals surface area contributed by atoms with Crippen LogP contribution in [0.1, 0.15) is 102 Å². The molecule has 2 heteroatoms. The van der Waals surface area contributed by atoms with Gasteiger partial charge in [-0.1, -0.05) is 46.3 Å². The predicted molar refractivity (Wildman–Crippen MR) is 120 cm³/mol. The van der Waals surface area contributed by atoms with Gasteiger partial charge in [-0.2, -0.15) is 0 Å². The van der Waals surface area contributed by atoms with Crippen LogP contribution in [0.3, 0.4) is 0 Å². The lowest BCUT2D eigenvalue weighted by Gasteiger charge is -2.58. The number of aliphatic hydroxyl groups is 2. The average Bonchev–Trinajstić information content (AvgIpc) is 3.04. The molecule has 166 valence electrons. The maximum absolute atomic E-state index is 10.4. The molecule has 0 radical (unpaired) electrons. The molecule has 3 fully saturated rings. The van der Waals surface area contributed by atoms with Gasteiger partial charge in [0.15, 0.2) is 0 Å². The first kappa shape index (κ1) is 19.4. The summed E-state index contributed by atoms with van der Waals surface area (Å²) < 4.78 is 16.4. The average molecular weight is 405 g/mol. The van der Waals surface area contributed by atoms with Crippen LogP contribution in [0.25, 0.3) is 0 Å². The Morgan fingerprint density at radius 1 is 1.10 bits per heavy atom. The highest BCUT2D eigenvalue weighted by Gasteiger charge is 2.59. The molecule has 4 aliphatic rings. The van der Waals surface area contributed by atoms with Gasteiger partial charge < -0.3 is 10.2 Å². The minimum Gasteiger partial charge on any atom is -0.393 e. The Balaban J connectivity index is 1.49. The van der Waals surface area contributed by atoms with Gasteiger partial charge in [0.25, 0.3) is 0 Å². The Kier molecular flexibility index (Phi) is 5.32. The van der Waals surface area contributed by atoms with Gasteiger partial charge in [0.05, 0.1) is 14.9 Å². The zero-order valence-electron chi connectivity index (χ0n) is 21.5. The lowest BCUT2D eigenvalue weighted by Crippen LogP contribution is -2.50. The summed E-state index contributed by atoms with van der Waals surface area (Å²) in [5.41, 5.74) is 1.93. The molecule has 0 aliphatic heterocycles. The first-order valence-corrected chi connectivity index (χ1v) is 12.4. The highest BCUT2D eigenvalue weighted by Crippen LogP contribution is 2.67. The second kappa shape index (κ2) is 7.97. The van der Waals surface area contributed by atoms with E-state index >= 15 is 0 Å². The van der Waals surface area contributed by atoms with Crippen molar-refractivity contribution < 1.29 is 13.0 Å². The molecule has 0 aromatic rings. The molecule has 3 saturated carbocycles. The summed E-state index contributed by atoms with van der Waals surface area (Å²) in [6.07, 6.45) is 9.81. The Hall–Kier alpha value is -0.340. The third-order valence-electron chi connectivity index (χ3n) is 10.2. The number of hydrogen-bond acceptors (Lipinski definition) is 2. The largest absolute Gasteiger partial charge is 0.393 e. The molecule has 0 saturated heterocycles. The topological polar surface area (TPSA) is 40.5 Å². The van der Waals surface area contributed by atoms with Gasteiger partial charge in [-0.25, -0.2) is 0 Å².